The van der Waals surface area contributed by atoms with E-state index in [4.69, 9.17) is 9.84 Å². The molecule has 0 aromatic rings. The second-order valence-corrected chi connectivity index (χ2v) is 3.60. The summed E-state index contributed by atoms with van der Waals surface area (Å²) in [7, 11) is 0. The largest absolute Gasteiger partial charge is 0.394 e. The number of halogens is 2. The maximum Gasteiger partial charge on any atom is 0.172 e. The van der Waals surface area contributed by atoms with Gasteiger partial charge in [0.25, 0.3) is 0 Å². The van der Waals surface area contributed by atoms with Crippen LogP contribution in [0.25, 0.3) is 0 Å². The van der Waals surface area contributed by atoms with E-state index in [0.29, 0.717) is 0 Å². The molecular formula is C6H10BrFO3. The van der Waals surface area contributed by atoms with Gasteiger partial charge >= 0.3 is 0 Å². The molecule has 1 unspecified atom stereocenters. The van der Waals surface area contributed by atoms with E-state index >= 15 is 0 Å². The van der Waals surface area contributed by atoms with Gasteiger partial charge in [-0.3, -0.25) is 0 Å². The van der Waals surface area contributed by atoms with Gasteiger partial charge in [0, 0.05) is 0 Å². The average Bonchev–Trinajstić information content (AvgIpc) is 2.14. The molecule has 0 saturated carbocycles. The van der Waals surface area contributed by atoms with Crippen molar-refractivity contribution in [3.63, 3.8) is 0 Å². The molecule has 2 N–H and O–H groups in total. The second-order valence-electron chi connectivity index (χ2n) is 2.77. The van der Waals surface area contributed by atoms with Crippen LogP contribution in [0, 0.1) is 0 Å². The molecule has 4 atom stereocenters. The highest BCUT2D eigenvalue weighted by Crippen LogP contribution is 2.37. The van der Waals surface area contributed by atoms with Crippen molar-refractivity contribution < 1.29 is 19.3 Å². The highest BCUT2D eigenvalue weighted by Gasteiger charge is 2.52. The number of rotatable bonds is 1. The number of hydrogen-bond donors (Lipinski definition) is 2. The molecule has 0 aromatic heterocycles. The lowest BCUT2D eigenvalue weighted by Gasteiger charge is -2.19. The molecule has 0 aromatic carbocycles. The Kier molecular flexibility index (Phi) is 2.53. The SMILES string of the molecule is C[C@]1(F)C(Br)O[C@H](CO)[C@H]1O. The maximum absolute atomic E-state index is 13.3. The first kappa shape index (κ1) is 9.38. The summed E-state index contributed by atoms with van der Waals surface area (Å²) in [6.45, 7) is 0.857. The first-order valence-electron chi connectivity index (χ1n) is 3.27. The number of alkyl halides is 2. The standard InChI is InChI=1S/C6H10BrFO3/c1-6(8)4(10)3(2-9)11-5(6)7/h3-5,9-10H,2H2,1H3/t3-,4-,5?,6-/m1/s1. The fraction of sp³-hybridized carbons (Fsp3) is 1.00. The summed E-state index contributed by atoms with van der Waals surface area (Å²) in [5, 5.41) is 17.0. The summed E-state index contributed by atoms with van der Waals surface area (Å²) < 4.78 is 18.2. The van der Waals surface area contributed by atoms with Crippen molar-refractivity contribution in [3.8, 4) is 0 Å². The summed E-state index contributed by atoms with van der Waals surface area (Å²) in [6.07, 6.45) is -2.09. The smallest absolute Gasteiger partial charge is 0.172 e. The summed E-state index contributed by atoms with van der Waals surface area (Å²) >= 11 is 2.91. The van der Waals surface area contributed by atoms with Crippen LogP contribution < -0.4 is 0 Å². The number of ether oxygens (including phenoxy) is 1. The number of hydrogen-bond acceptors (Lipinski definition) is 3. The van der Waals surface area contributed by atoms with E-state index in [1.165, 1.54) is 6.92 Å². The summed E-state index contributed by atoms with van der Waals surface area (Å²) in [6, 6.07) is 0. The van der Waals surface area contributed by atoms with Crippen LogP contribution in [0.15, 0.2) is 0 Å². The van der Waals surface area contributed by atoms with Gasteiger partial charge in [0.1, 0.15) is 17.2 Å². The molecule has 66 valence electrons. The monoisotopic (exact) mass is 228 g/mol. The van der Waals surface area contributed by atoms with Crippen molar-refractivity contribution in [2.75, 3.05) is 6.61 Å². The van der Waals surface area contributed by atoms with Gasteiger partial charge < -0.3 is 14.9 Å². The molecule has 11 heavy (non-hydrogen) atoms. The van der Waals surface area contributed by atoms with E-state index in [1.807, 2.05) is 0 Å². The Morgan fingerprint density at radius 2 is 2.27 bits per heavy atom. The van der Waals surface area contributed by atoms with E-state index in [1.54, 1.807) is 0 Å². The van der Waals surface area contributed by atoms with Crippen molar-refractivity contribution >= 4 is 15.9 Å². The van der Waals surface area contributed by atoms with Crippen molar-refractivity contribution in [2.24, 2.45) is 0 Å². The van der Waals surface area contributed by atoms with Gasteiger partial charge in [0.05, 0.1) is 6.61 Å². The third-order valence-corrected chi connectivity index (χ3v) is 2.96. The summed E-state index contributed by atoms with van der Waals surface area (Å²) in [5.74, 6) is 0. The molecule has 0 radical (unpaired) electrons. The lowest BCUT2D eigenvalue weighted by molar-refractivity contribution is -0.0107. The lowest BCUT2D eigenvalue weighted by atomic mass is 10.0. The van der Waals surface area contributed by atoms with Gasteiger partial charge in [-0.15, -0.1) is 0 Å². The van der Waals surface area contributed by atoms with Gasteiger partial charge in [-0.2, -0.15) is 0 Å². The summed E-state index contributed by atoms with van der Waals surface area (Å²) in [4.78, 5) is 0. The van der Waals surface area contributed by atoms with Gasteiger partial charge in [0.15, 0.2) is 5.67 Å². The van der Waals surface area contributed by atoms with Crippen LogP contribution in [-0.4, -0.2) is 39.7 Å². The molecule has 1 aliphatic rings. The van der Waals surface area contributed by atoms with E-state index in [9.17, 15) is 9.50 Å². The minimum absolute atomic E-state index is 0.372. The average molecular weight is 229 g/mol. The molecule has 5 heteroatoms. The van der Waals surface area contributed by atoms with Crippen LogP contribution in [0.3, 0.4) is 0 Å². The first-order valence-corrected chi connectivity index (χ1v) is 4.19. The van der Waals surface area contributed by atoms with E-state index in [0.717, 1.165) is 0 Å². The molecule has 0 bridgehead atoms. The van der Waals surface area contributed by atoms with Crippen LogP contribution in [-0.2, 0) is 4.74 Å². The fourth-order valence-corrected chi connectivity index (χ4v) is 1.55. The van der Waals surface area contributed by atoms with Crippen LogP contribution in [0.1, 0.15) is 6.92 Å². The molecule has 0 aliphatic carbocycles. The highest BCUT2D eigenvalue weighted by atomic mass is 79.9. The Labute approximate surface area is 72.3 Å². The minimum atomic E-state index is -1.83. The predicted molar refractivity (Wildman–Crippen MR) is 40.2 cm³/mol. The summed E-state index contributed by atoms with van der Waals surface area (Å²) in [5.41, 5.74) is -1.83. The van der Waals surface area contributed by atoms with Crippen molar-refractivity contribution in [3.05, 3.63) is 0 Å². The lowest BCUT2D eigenvalue weighted by Crippen LogP contribution is -2.40. The minimum Gasteiger partial charge on any atom is -0.394 e. The van der Waals surface area contributed by atoms with Crippen LogP contribution in [0.2, 0.25) is 0 Å². The molecule has 1 rings (SSSR count). The first-order chi connectivity index (χ1) is 5.00. The Hall–Kier alpha value is 0.290. The highest BCUT2D eigenvalue weighted by molar-refractivity contribution is 9.09. The Balaban J connectivity index is 2.71. The quantitative estimate of drug-likeness (QED) is 0.631. The van der Waals surface area contributed by atoms with Crippen LogP contribution >= 0.6 is 15.9 Å². The molecule has 0 spiro atoms. The maximum atomic E-state index is 13.3. The van der Waals surface area contributed by atoms with Crippen molar-refractivity contribution in [1.29, 1.82) is 0 Å². The molecule has 0 amide bonds. The third-order valence-electron chi connectivity index (χ3n) is 1.85. The zero-order valence-corrected chi connectivity index (χ0v) is 7.58. The number of aliphatic hydroxyl groups excluding tert-OH is 2. The molecular weight excluding hydrogens is 219 g/mol. The molecule has 1 heterocycles. The van der Waals surface area contributed by atoms with Crippen molar-refractivity contribution in [2.45, 2.75) is 29.8 Å². The van der Waals surface area contributed by atoms with Gasteiger partial charge in [-0.1, -0.05) is 15.9 Å². The molecule has 1 saturated heterocycles. The zero-order valence-electron chi connectivity index (χ0n) is 6.00. The molecule has 1 fully saturated rings. The van der Waals surface area contributed by atoms with Crippen molar-refractivity contribution in [1.82, 2.24) is 0 Å². The van der Waals surface area contributed by atoms with Crippen LogP contribution in [0.5, 0.6) is 0 Å². The fourth-order valence-electron chi connectivity index (χ4n) is 1.00. The zero-order chi connectivity index (χ0) is 8.65. The topological polar surface area (TPSA) is 49.7 Å². The van der Waals surface area contributed by atoms with Gasteiger partial charge in [-0.05, 0) is 6.92 Å². The normalized spacial score (nSPS) is 51.5. The van der Waals surface area contributed by atoms with E-state index < -0.39 is 22.9 Å². The Bertz CT molecular complexity index is 153. The van der Waals surface area contributed by atoms with E-state index in [-0.39, 0.29) is 6.61 Å². The third kappa shape index (κ3) is 1.42. The molecule has 3 nitrogen and oxygen atoms in total. The molecule has 1 aliphatic heterocycles. The van der Waals surface area contributed by atoms with E-state index in [2.05, 4.69) is 15.9 Å². The second kappa shape index (κ2) is 2.97. The number of aliphatic hydroxyl groups is 2. The Morgan fingerprint density at radius 1 is 1.73 bits per heavy atom. The van der Waals surface area contributed by atoms with Gasteiger partial charge in [0.2, 0.25) is 0 Å². The van der Waals surface area contributed by atoms with Crippen LogP contribution in [0.4, 0.5) is 4.39 Å². The van der Waals surface area contributed by atoms with Gasteiger partial charge in [-0.25, -0.2) is 4.39 Å². The Morgan fingerprint density at radius 3 is 2.45 bits per heavy atom. The predicted octanol–water partition coefficient (Wildman–Crippen LogP) is 0.188.